The summed E-state index contributed by atoms with van der Waals surface area (Å²) in [7, 11) is 0. The Morgan fingerprint density at radius 3 is 2.40 bits per heavy atom. The number of hydrogen-bond donors (Lipinski definition) is 3. The zero-order valence-corrected chi connectivity index (χ0v) is 15.0. The van der Waals surface area contributed by atoms with Gasteiger partial charge in [-0.05, 0) is 35.7 Å². The van der Waals surface area contributed by atoms with Crippen molar-refractivity contribution in [3.63, 3.8) is 0 Å². The van der Waals surface area contributed by atoms with E-state index in [2.05, 4.69) is 15.6 Å². The highest BCUT2D eigenvalue weighted by molar-refractivity contribution is 6.04. The lowest BCUT2D eigenvalue weighted by Gasteiger charge is -2.15. The lowest BCUT2D eigenvalue weighted by atomic mass is 10.0. The molecule has 0 aliphatic carbocycles. The van der Waals surface area contributed by atoms with Crippen LogP contribution in [0.3, 0.4) is 0 Å². The number of hydrogen-bond acceptors (Lipinski definition) is 4. The van der Waals surface area contributed by atoms with Gasteiger partial charge in [0.2, 0.25) is 5.91 Å². The maximum Gasteiger partial charge on any atom is 0.255 e. The van der Waals surface area contributed by atoms with Crippen molar-refractivity contribution in [2.75, 3.05) is 5.32 Å². The Balaban J connectivity index is 0.00000312. The van der Waals surface area contributed by atoms with Crippen LogP contribution in [0.2, 0.25) is 0 Å². The first-order valence-corrected chi connectivity index (χ1v) is 7.81. The second-order valence-corrected chi connectivity index (χ2v) is 5.88. The molecule has 1 heterocycles. The van der Waals surface area contributed by atoms with Crippen LogP contribution in [0.25, 0.3) is 0 Å². The molecule has 4 N–H and O–H groups in total. The van der Waals surface area contributed by atoms with E-state index in [1.54, 1.807) is 48.8 Å². The molecule has 0 aliphatic heterocycles. The van der Waals surface area contributed by atoms with E-state index >= 15 is 0 Å². The molecule has 25 heavy (non-hydrogen) atoms. The first kappa shape index (κ1) is 20.6. The largest absolute Gasteiger partial charge is 0.351 e. The molecule has 0 unspecified atom stereocenters. The number of rotatable bonds is 6. The molecule has 7 heteroatoms. The van der Waals surface area contributed by atoms with Crippen LogP contribution >= 0.6 is 12.4 Å². The van der Waals surface area contributed by atoms with Gasteiger partial charge in [-0.15, -0.1) is 12.4 Å². The minimum atomic E-state index is -0.519. The van der Waals surface area contributed by atoms with Crippen LogP contribution in [0, 0.1) is 5.92 Å². The van der Waals surface area contributed by atoms with Gasteiger partial charge in [-0.2, -0.15) is 0 Å². The van der Waals surface area contributed by atoms with Gasteiger partial charge in [0.1, 0.15) is 0 Å². The van der Waals surface area contributed by atoms with Crippen molar-refractivity contribution in [2.24, 2.45) is 11.7 Å². The number of nitrogens with two attached hydrogens (primary N) is 1. The van der Waals surface area contributed by atoms with Crippen molar-refractivity contribution in [1.82, 2.24) is 10.3 Å². The Bertz CT molecular complexity index is 690. The number of carbonyl (C=O) groups is 2. The number of amides is 2. The van der Waals surface area contributed by atoms with Crippen LogP contribution in [0.15, 0.2) is 48.8 Å². The standard InChI is InChI=1S/C18H22N4O2.ClH/c1-12(2)16(19)18(24)21-10-13-5-7-14(8-6-13)17(23)22-15-4-3-9-20-11-15;/h3-9,11-12,16H,10,19H2,1-2H3,(H,21,24)(H,22,23);1H/t16-;/m0./s1. The summed E-state index contributed by atoms with van der Waals surface area (Å²) in [5, 5.41) is 5.56. The van der Waals surface area contributed by atoms with Crippen molar-refractivity contribution in [3.05, 3.63) is 59.9 Å². The highest BCUT2D eigenvalue weighted by atomic mass is 35.5. The zero-order chi connectivity index (χ0) is 17.5. The number of carbonyl (C=O) groups excluding carboxylic acids is 2. The van der Waals surface area contributed by atoms with E-state index in [-0.39, 0.29) is 30.1 Å². The molecule has 1 aromatic heterocycles. The maximum absolute atomic E-state index is 12.1. The van der Waals surface area contributed by atoms with Gasteiger partial charge in [0.25, 0.3) is 5.91 Å². The molecule has 0 fully saturated rings. The zero-order valence-electron chi connectivity index (χ0n) is 14.2. The highest BCUT2D eigenvalue weighted by Crippen LogP contribution is 2.09. The van der Waals surface area contributed by atoms with Gasteiger partial charge in [-0.1, -0.05) is 26.0 Å². The molecule has 0 aliphatic rings. The average molecular weight is 363 g/mol. The van der Waals surface area contributed by atoms with Gasteiger partial charge >= 0.3 is 0 Å². The lowest BCUT2D eigenvalue weighted by molar-refractivity contribution is -0.123. The molecule has 0 spiro atoms. The second kappa shape index (κ2) is 9.76. The van der Waals surface area contributed by atoms with Crippen LogP contribution < -0.4 is 16.4 Å². The Labute approximate surface area is 153 Å². The topological polar surface area (TPSA) is 97.1 Å². The van der Waals surface area contributed by atoms with Crippen LogP contribution in [0.4, 0.5) is 5.69 Å². The van der Waals surface area contributed by atoms with Gasteiger partial charge in [0, 0.05) is 18.3 Å². The van der Waals surface area contributed by atoms with Gasteiger partial charge in [-0.25, -0.2) is 0 Å². The average Bonchev–Trinajstić information content (AvgIpc) is 2.60. The number of benzene rings is 1. The molecular weight excluding hydrogens is 340 g/mol. The van der Waals surface area contributed by atoms with Gasteiger partial charge in [0.05, 0.1) is 17.9 Å². The molecule has 6 nitrogen and oxygen atoms in total. The van der Waals surface area contributed by atoms with Gasteiger partial charge < -0.3 is 16.4 Å². The molecule has 2 amide bonds. The molecule has 1 aromatic carbocycles. The van der Waals surface area contributed by atoms with E-state index in [1.165, 1.54) is 0 Å². The minimum Gasteiger partial charge on any atom is -0.351 e. The summed E-state index contributed by atoms with van der Waals surface area (Å²) < 4.78 is 0. The summed E-state index contributed by atoms with van der Waals surface area (Å²) in [5.74, 6) is -0.299. The van der Waals surface area contributed by atoms with Crippen molar-refractivity contribution >= 4 is 29.9 Å². The van der Waals surface area contributed by atoms with Crippen LogP contribution in [0.1, 0.15) is 29.8 Å². The number of aromatic nitrogens is 1. The van der Waals surface area contributed by atoms with Crippen LogP contribution in [0.5, 0.6) is 0 Å². The van der Waals surface area contributed by atoms with E-state index in [9.17, 15) is 9.59 Å². The summed E-state index contributed by atoms with van der Waals surface area (Å²) in [6.07, 6.45) is 3.23. The van der Waals surface area contributed by atoms with Crippen LogP contribution in [-0.2, 0) is 11.3 Å². The van der Waals surface area contributed by atoms with Crippen molar-refractivity contribution < 1.29 is 9.59 Å². The Kier molecular flexibility index (Phi) is 8.04. The van der Waals surface area contributed by atoms with E-state index in [0.29, 0.717) is 17.8 Å². The fourth-order valence-electron chi connectivity index (χ4n) is 2.02. The number of pyridine rings is 1. The lowest BCUT2D eigenvalue weighted by Crippen LogP contribution is -2.43. The second-order valence-electron chi connectivity index (χ2n) is 5.88. The third kappa shape index (κ3) is 6.17. The van der Waals surface area contributed by atoms with E-state index in [0.717, 1.165) is 5.56 Å². The normalized spacial score (nSPS) is 11.4. The van der Waals surface area contributed by atoms with E-state index in [4.69, 9.17) is 5.73 Å². The van der Waals surface area contributed by atoms with E-state index in [1.807, 2.05) is 13.8 Å². The molecule has 0 saturated carbocycles. The monoisotopic (exact) mass is 362 g/mol. The highest BCUT2D eigenvalue weighted by Gasteiger charge is 2.16. The molecule has 0 radical (unpaired) electrons. The van der Waals surface area contributed by atoms with Gasteiger partial charge in [0.15, 0.2) is 0 Å². The Morgan fingerprint density at radius 2 is 1.84 bits per heavy atom. The Morgan fingerprint density at radius 1 is 1.16 bits per heavy atom. The SMILES string of the molecule is CC(C)[C@H](N)C(=O)NCc1ccc(C(=O)Nc2cccnc2)cc1.Cl. The fraction of sp³-hybridized carbons (Fsp3) is 0.278. The van der Waals surface area contributed by atoms with Crippen LogP contribution in [-0.4, -0.2) is 22.8 Å². The molecule has 134 valence electrons. The third-order valence-corrected chi connectivity index (χ3v) is 3.62. The molecule has 2 rings (SSSR count). The summed E-state index contributed by atoms with van der Waals surface area (Å²) in [6.45, 7) is 4.18. The third-order valence-electron chi connectivity index (χ3n) is 3.62. The number of halogens is 1. The predicted octanol–water partition coefficient (Wildman–Crippen LogP) is 2.36. The maximum atomic E-state index is 12.1. The molecule has 2 aromatic rings. The fourth-order valence-corrected chi connectivity index (χ4v) is 2.02. The summed E-state index contributed by atoms with van der Waals surface area (Å²) >= 11 is 0. The number of nitrogens with zero attached hydrogens (tertiary/aromatic N) is 1. The summed E-state index contributed by atoms with van der Waals surface area (Å²) in [4.78, 5) is 27.9. The van der Waals surface area contributed by atoms with Crippen molar-refractivity contribution in [2.45, 2.75) is 26.4 Å². The molecule has 1 atom stereocenters. The minimum absolute atomic E-state index is 0. The summed E-state index contributed by atoms with van der Waals surface area (Å²) in [5.41, 5.74) is 7.87. The molecular formula is C18H23ClN4O2. The summed E-state index contributed by atoms with van der Waals surface area (Å²) in [6, 6.07) is 10.1. The number of nitrogens with one attached hydrogen (secondary N) is 2. The molecule has 0 saturated heterocycles. The first-order chi connectivity index (χ1) is 11.5. The quantitative estimate of drug-likeness (QED) is 0.734. The first-order valence-electron chi connectivity index (χ1n) is 7.81. The van der Waals surface area contributed by atoms with Crippen molar-refractivity contribution in [1.29, 1.82) is 0 Å². The Hall–Kier alpha value is -2.44. The van der Waals surface area contributed by atoms with Gasteiger partial charge in [-0.3, -0.25) is 14.6 Å². The number of anilines is 1. The van der Waals surface area contributed by atoms with Crippen molar-refractivity contribution in [3.8, 4) is 0 Å². The predicted molar refractivity (Wildman–Crippen MR) is 101 cm³/mol. The molecule has 0 bridgehead atoms. The smallest absolute Gasteiger partial charge is 0.255 e. The van der Waals surface area contributed by atoms with E-state index < -0.39 is 6.04 Å².